The van der Waals surface area contributed by atoms with Crippen molar-refractivity contribution >= 4 is 23.2 Å². The molecule has 0 fully saturated rings. The minimum Gasteiger partial charge on any atom is -0.497 e. The number of aryl methyl sites for hydroxylation is 1. The third-order valence-corrected chi connectivity index (χ3v) is 6.08. The predicted molar refractivity (Wildman–Crippen MR) is 149 cm³/mol. The van der Waals surface area contributed by atoms with Crippen LogP contribution in [0.25, 0.3) is 16.9 Å². The Kier molecular flexibility index (Phi) is 6.99. The molecular formula is C31H26N4O3. The van der Waals surface area contributed by atoms with Gasteiger partial charge in [0.05, 0.1) is 24.2 Å². The maximum atomic E-state index is 13.1. The molecule has 5 aromatic rings. The van der Waals surface area contributed by atoms with Gasteiger partial charge in [0, 0.05) is 28.1 Å². The van der Waals surface area contributed by atoms with E-state index in [0.717, 1.165) is 17.0 Å². The summed E-state index contributed by atoms with van der Waals surface area (Å²) in [5.41, 5.74) is 5.44. The Morgan fingerprint density at radius 2 is 1.37 bits per heavy atom. The number of carbonyl (C=O) groups excluding carboxylic acids is 2. The van der Waals surface area contributed by atoms with Crippen LogP contribution < -0.4 is 15.4 Å². The fraction of sp³-hybridized carbons (Fsp3) is 0.0645. The molecule has 0 unspecified atom stereocenters. The zero-order valence-corrected chi connectivity index (χ0v) is 21.0. The number of aromatic nitrogens is 2. The lowest BCUT2D eigenvalue weighted by atomic mass is 10.1. The number of hydrogen-bond donors (Lipinski definition) is 2. The molecule has 0 aliphatic heterocycles. The van der Waals surface area contributed by atoms with E-state index in [0.29, 0.717) is 33.9 Å². The summed E-state index contributed by atoms with van der Waals surface area (Å²) in [6.45, 7) is 1.96. The molecule has 0 aliphatic carbocycles. The normalized spacial score (nSPS) is 10.6. The lowest BCUT2D eigenvalue weighted by Crippen LogP contribution is -2.16. The smallest absolute Gasteiger partial charge is 0.255 e. The molecule has 1 aromatic heterocycles. The van der Waals surface area contributed by atoms with Crippen LogP contribution in [0.15, 0.2) is 109 Å². The van der Waals surface area contributed by atoms with Crippen molar-refractivity contribution in [2.75, 3.05) is 17.7 Å². The molecule has 1 heterocycles. The zero-order chi connectivity index (χ0) is 26.5. The first kappa shape index (κ1) is 24.5. The van der Waals surface area contributed by atoms with Crippen molar-refractivity contribution < 1.29 is 14.3 Å². The van der Waals surface area contributed by atoms with Gasteiger partial charge in [-0.3, -0.25) is 9.59 Å². The number of methoxy groups -OCH3 is 1. The first-order valence-electron chi connectivity index (χ1n) is 12.1. The fourth-order valence-corrected chi connectivity index (χ4v) is 4.10. The van der Waals surface area contributed by atoms with Gasteiger partial charge in [-0.25, -0.2) is 4.68 Å². The van der Waals surface area contributed by atoms with Crippen LogP contribution in [0.4, 0.5) is 11.4 Å². The van der Waals surface area contributed by atoms with E-state index in [1.54, 1.807) is 60.3 Å². The Balaban J connectivity index is 1.50. The molecule has 0 aliphatic rings. The van der Waals surface area contributed by atoms with Gasteiger partial charge in [-0.1, -0.05) is 48.5 Å². The molecule has 7 nitrogen and oxygen atoms in total. The van der Waals surface area contributed by atoms with Gasteiger partial charge in [0.15, 0.2) is 0 Å². The van der Waals surface area contributed by atoms with Crippen LogP contribution in [0, 0.1) is 6.92 Å². The molecule has 38 heavy (non-hydrogen) atoms. The molecule has 0 bridgehead atoms. The van der Waals surface area contributed by atoms with Gasteiger partial charge in [0.2, 0.25) is 0 Å². The van der Waals surface area contributed by atoms with Gasteiger partial charge in [-0.2, -0.15) is 5.10 Å². The largest absolute Gasteiger partial charge is 0.497 e. The summed E-state index contributed by atoms with van der Waals surface area (Å²) >= 11 is 0. The lowest BCUT2D eigenvalue weighted by molar-refractivity contribution is 0.101. The van der Waals surface area contributed by atoms with Gasteiger partial charge >= 0.3 is 0 Å². The highest BCUT2D eigenvalue weighted by Gasteiger charge is 2.16. The van der Waals surface area contributed by atoms with Crippen molar-refractivity contribution in [3.05, 3.63) is 126 Å². The van der Waals surface area contributed by atoms with Gasteiger partial charge in [-0.15, -0.1) is 0 Å². The number of nitrogens with one attached hydrogen (secondary N) is 2. The minimum absolute atomic E-state index is 0.265. The Bertz CT molecular complexity index is 1580. The SMILES string of the molecule is COc1ccc(C(=O)Nc2ccc(-n3nc(-c4ccccc4)cc3C)c(NC(=O)c3ccccc3)c2)cc1. The third kappa shape index (κ3) is 5.32. The van der Waals surface area contributed by atoms with Crippen LogP contribution in [-0.2, 0) is 0 Å². The standard InChI is InChI=1S/C31H26N4O3/c1-21-19-27(22-9-5-3-6-10-22)34-35(21)29-18-15-25(32-30(36)24-13-16-26(38-2)17-14-24)20-28(29)33-31(37)23-11-7-4-8-12-23/h3-20H,1-2H3,(H,32,36)(H,33,37). The molecular weight excluding hydrogens is 476 g/mol. The van der Waals surface area contributed by atoms with E-state index >= 15 is 0 Å². The summed E-state index contributed by atoms with van der Waals surface area (Å²) in [6.07, 6.45) is 0. The van der Waals surface area contributed by atoms with Crippen molar-refractivity contribution in [3.63, 3.8) is 0 Å². The number of carbonyl (C=O) groups is 2. The predicted octanol–water partition coefficient (Wildman–Crippen LogP) is 6.36. The first-order chi connectivity index (χ1) is 18.5. The van der Waals surface area contributed by atoms with Gasteiger partial charge in [0.25, 0.3) is 11.8 Å². The van der Waals surface area contributed by atoms with Crippen molar-refractivity contribution in [1.29, 1.82) is 0 Å². The van der Waals surface area contributed by atoms with Crippen LogP contribution in [0.3, 0.4) is 0 Å². The second kappa shape index (κ2) is 10.8. The van der Waals surface area contributed by atoms with Crippen LogP contribution in [-0.4, -0.2) is 28.7 Å². The number of anilines is 2. The Labute approximate surface area is 220 Å². The van der Waals surface area contributed by atoms with E-state index in [9.17, 15) is 9.59 Å². The number of amides is 2. The monoisotopic (exact) mass is 502 g/mol. The second-order valence-electron chi connectivity index (χ2n) is 8.68. The number of hydrogen-bond acceptors (Lipinski definition) is 4. The summed E-state index contributed by atoms with van der Waals surface area (Å²) in [5, 5.41) is 10.7. The lowest BCUT2D eigenvalue weighted by Gasteiger charge is -2.15. The summed E-state index contributed by atoms with van der Waals surface area (Å²) in [4.78, 5) is 26.0. The van der Waals surface area contributed by atoms with E-state index in [2.05, 4.69) is 10.6 Å². The van der Waals surface area contributed by atoms with Crippen molar-refractivity contribution in [1.82, 2.24) is 9.78 Å². The molecule has 0 saturated carbocycles. The Morgan fingerprint density at radius 1 is 0.737 bits per heavy atom. The summed E-state index contributed by atoms with van der Waals surface area (Å²) in [5.74, 6) is 0.127. The molecule has 4 aromatic carbocycles. The van der Waals surface area contributed by atoms with Crippen LogP contribution in [0.2, 0.25) is 0 Å². The molecule has 0 atom stereocenters. The number of ether oxygens (including phenoxy) is 1. The average molecular weight is 503 g/mol. The molecule has 0 saturated heterocycles. The molecule has 2 amide bonds. The second-order valence-corrected chi connectivity index (χ2v) is 8.68. The quantitative estimate of drug-likeness (QED) is 0.271. The molecule has 7 heteroatoms. The summed E-state index contributed by atoms with van der Waals surface area (Å²) < 4.78 is 6.96. The van der Waals surface area contributed by atoms with Crippen LogP contribution in [0.1, 0.15) is 26.4 Å². The zero-order valence-electron chi connectivity index (χ0n) is 21.0. The van der Waals surface area contributed by atoms with E-state index < -0.39 is 0 Å². The molecule has 0 spiro atoms. The highest BCUT2D eigenvalue weighted by atomic mass is 16.5. The van der Waals surface area contributed by atoms with Crippen molar-refractivity contribution in [2.24, 2.45) is 0 Å². The third-order valence-electron chi connectivity index (χ3n) is 6.08. The maximum Gasteiger partial charge on any atom is 0.255 e. The summed E-state index contributed by atoms with van der Waals surface area (Å²) in [6, 6.07) is 33.1. The van der Waals surface area contributed by atoms with E-state index in [-0.39, 0.29) is 11.8 Å². The fourth-order valence-electron chi connectivity index (χ4n) is 4.10. The Hall–Kier alpha value is -5.17. The van der Waals surface area contributed by atoms with Crippen LogP contribution in [0.5, 0.6) is 5.75 Å². The molecule has 2 N–H and O–H groups in total. The van der Waals surface area contributed by atoms with E-state index in [4.69, 9.17) is 9.84 Å². The van der Waals surface area contributed by atoms with Crippen molar-refractivity contribution in [2.45, 2.75) is 6.92 Å². The minimum atomic E-state index is -0.276. The van der Waals surface area contributed by atoms with Crippen molar-refractivity contribution in [3.8, 4) is 22.7 Å². The summed E-state index contributed by atoms with van der Waals surface area (Å²) in [7, 11) is 1.58. The molecule has 188 valence electrons. The topological polar surface area (TPSA) is 85.2 Å². The number of nitrogens with zero attached hydrogens (tertiary/aromatic N) is 2. The first-order valence-corrected chi connectivity index (χ1v) is 12.1. The number of benzene rings is 4. The highest BCUT2D eigenvalue weighted by molar-refractivity contribution is 6.07. The molecule has 0 radical (unpaired) electrons. The Morgan fingerprint density at radius 3 is 2.05 bits per heavy atom. The van der Waals surface area contributed by atoms with Gasteiger partial charge < -0.3 is 15.4 Å². The average Bonchev–Trinajstić information content (AvgIpc) is 3.35. The van der Waals surface area contributed by atoms with Crippen LogP contribution >= 0.6 is 0 Å². The number of rotatable bonds is 7. The van der Waals surface area contributed by atoms with E-state index in [1.165, 1.54) is 0 Å². The maximum absolute atomic E-state index is 13.1. The molecule has 5 rings (SSSR count). The van der Waals surface area contributed by atoms with Gasteiger partial charge in [0.1, 0.15) is 5.75 Å². The van der Waals surface area contributed by atoms with Gasteiger partial charge in [-0.05, 0) is 67.6 Å². The highest BCUT2D eigenvalue weighted by Crippen LogP contribution is 2.29. The van der Waals surface area contributed by atoms with E-state index in [1.807, 2.05) is 67.6 Å².